The Morgan fingerprint density at radius 3 is 3.00 bits per heavy atom. The van der Waals surface area contributed by atoms with Crippen LogP contribution < -0.4 is 5.32 Å². The van der Waals surface area contributed by atoms with Gasteiger partial charge in [-0.15, -0.1) is 11.3 Å². The molecule has 2 nitrogen and oxygen atoms in total. The molecule has 17 heavy (non-hydrogen) atoms. The van der Waals surface area contributed by atoms with Gasteiger partial charge in [0.2, 0.25) is 0 Å². The maximum Gasteiger partial charge on any atom is 0.0112 e. The summed E-state index contributed by atoms with van der Waals surface area (Å²) in [6, 6.07) is 5.72. The summed E-state index contributed by atoms with van der Waals surface area (Å²) in [7, 11) is 2.27. The normalized spacial score (nSPS) is 26.6. The third kappa shape index (κ3) is 3.54. The number of nitrogens with one attached hydrogen (secondary N) is 1. The van der Waals surface area contributed by atoms with E-state index in [1.165, 1.54) is 30.8 Å². The summed E-state index contributed by atoms with van der Waals surface area (Å²) in [5, 5.41) is 5.71. The summed E-state index contributed by atoms with van der Waals surface area (Å²) < 4.78 is 0. The summed E-state index contributed by atoms with van der Waals surface area (Å²) in [6.45, 7) is 7.07. The molecule has 0 amide bonds. The molecule has 1 N–H and O–H groups in total. The molecule has 96 valence electrons. The number of rotatable bonds is 5. The lowest BCUT2D eigenvalue weighted by Crippen LogP contribution is -2.38. The minimum atomic E-state index is 0.640. The van der Waals surface area contributed by atoms with Crippen molar-refractivity contribution in [1.29, 1.82) is 0 Å². The average Bonchev–Trinajstić information content (AvgIpc) is 2.91. The Morgan fingerprint density at radius 2 is 2.41 bits per heavy atom. The molecule has 1 fully saturated rings. The van der Waals surface area contributed by atoms with E-state index in [4.69, 9.17) is 0 Å². The van der Waals surface area contributed by atoms with E-state index < -0.39 is 0 Å². The third-order valence-corrected chi connectivity index (χ3v) is 4.94. The first-order valence-corrected chi connectivity index (χ1v) is 7.51. The molecule has 0 bridgehead atoms. The maximum atomic E-state index is 3.53. The fourth-order valence-electron chi connectivity index (χ4n) is 2.59. The predicted molar refractivity (Wildman–Crippen MR) is 75.7 cm³/mol. The second-order valence-electron chi connectivity index (χ2n) is 5.36. The van der Waals surface area contributed by atoms with Crippen LogP contribution in [0.4, 0.5) is 0 Å². The van der Waals surface area contributed by atoms with E-state index in [2.05, 4.69) is 48.6 Å². The van der Waals surface area contributed by atoms with E-state index in [9.17, 15) is 0 Å². The zero-order valence-corrected chi connectivity index (χ0v) is 12.0. The monoisotopic (exact) mass is 252 g/mol. The molecule has 1 aliphatic rings. The van der Waals surface area contributed by atoms with Gasteiger partial charge in [0.1, 0.15) is 0 Å². The summed E-state index contributed by atoms with van der Waals surface area (Å²) >= 11 is 1.87. The standard InChI is InChI=1S/C14H24N2S/c1-11(9-14-5-4-8-17-14)16(3)10-13-6-7-15-12(13)2/h4-5,8,11-13,15H,6-7,9-10H2,1-3H3. The maximum absolute atomic E-state index is 3.53. The molecule has 0 saturated carbocycles. The minimum Gasteiger partial charge on any atom is -0.314 e. The fraction of sp³-hybridized carbons (Fsp3) is 0.714. The average molecular weight is 252 g/mol. The van der Waals surface area contributed by atoms with Crippen LogP contribution in [0.5, 0.6) is 0 Å². The van der Waals surface area contributed by atoms with Gasteiger partial charge in [-0.05, 0) is 57.6 Å². The number of hydrogen-bond acceptors (Lipinski definition) is 3. The smallest absolute Gasteiger partial charge is 0.0112 e. The van der Waals surface area contributed by atoms with Crippen molar-refractivity contribution in [1.82, 2.24) is 10.2 Å². The Morgan fingerprint density at radius 1 is 1.59 bits per heavy atom. The van der Waals surface area contributed by atoms with Crippen molar-refractivity contribution in [2.45, 2.75) is 38.8 Å². The van der Waals surface area contributed by atoms with Crippen LogP contribution in [0, 0.1) is 5.92 Å². The van der Waals surface area contributed by atoms with Crippen LogP contribution >= 0.6 is 11.3 Å². The summed E-state index contributed by atoms with van der Waals surface area (Å²) in [6.07, 6.45) is 2.51. The van der Waals surface area contributed by atoms with Gasteiger partial charge in [-0.25, -0.2) is 0 Å². The van der Waals surface area contributed by atoms with E-state index in [1.54, 1.807) is 0 Å². The molecule has 1 aromatic heterocycles. The first-order chi connectivity index (χ1) is 8.16. The first-order valence-electron chi connectivity index (χ1n) is 6.63. The third-order valence-electron chi connectivity index (χ3n) is 4.04. The number of likely N-dealkylation sites (N-methyl/N-ethyl adjacent to an activating group) is 1. The Bertz CT molecular complexity index is 323. The van der Waals surface area contributed by atoms with Crippen molar-refractivity contribution in [2.24, 2.45) is 5.92 Å². The van der Waals surface area contributed by atoms with Gasteiger partial charge in [-0.1, -0.05) is 6.07 Å². The molecule has 0 radical (unpaired) electrons. The summed E-state index contributed by atoms with van der Waals surface area (Å²) in [5.74, 6) is 0.825. The van der Waals surface area contributed by atoms with Crippen LogP contribution in [-0.2, 0) is 6.42 Å². The molecule has 3 unspecified atom stereocenters. The van der Waals surface area contributed by atoms with Crippen molar-refractivity contribution in [3.63, 3.8) is 0 Å². The highest BCUT2D eigenvalue weighted by atomic mass is 32.1. The SMILES string of the molecule is CC1NCCC1CN(C)C(C)Cc1cccs1. The van der Waals surface area contributed by atoms with Crippen molar-refractivity contribution >= 4 is 11.3 Å². The largest absolute Gasteiger partial charge is 0.314 e. The van der Waals surface area contributed by atoms with Crippen molar-refractivity contribution in [3.05, 3.63) is 22.4 Å². The molecule has 3 atom stereocenters. The molecule has 3 heteroatoms. The highest BCUT2D eigenvalue weighted by molar-refractivity contribution is 7.09. The Labute approximate surface area is 109 Å². The van der Waals surface area contributed by atoms with E-state index in [1.807, 2.05) is 11.3 Å². The number of nitrogens with zero attached hydrogens (tertiary/aromatic N) is 1. The highest BCUT2D eigenvalue weighted by Crippen LogP contribution is 2.19. The van der Waals surface area contributed by atoms with Crippen LogP contribution in [0.25, 0.3) is 0 Å². The minimum absolute atomic E-state index is 0.640. The van der Waals surface area contributed by atoms with Gasteiger partial charge in [0, 0.05) is 23.5 Å². The lowest BCUT2D eigenvalue weighted by molar-refractivity contribution is 0.211. The van der Waals surface area contributed by atoms with Crippen LogP contribution in [-0.4, -0.2) is 37.1 Å². The van der Waals surface area contributed by atoms with Crippen LogP contribution in [0.15, 0.2) is 17.5 Å². The Kier molecular flexibility index (Phi) is 4.60. The number of hydrogen-bond donors (Lipinski definition) is 1. The Balaban J connectivity index is 1.80. The van der Waals surface area contributed by atoms with Gasteiger partial charge in [-0.2, -0.15) is 0 Å². The zero-order valence-electron chi connectivity index (χ0n) is 11.1. The van der Waals surface area contributed by atoms with Crippen molar-refractivity contribution < 1.29 is 0 Å². The number of thiophene rings is 1. The second-order valence-corrected chi connectivity index (χ2v) is 6.40. The summed E-state index contributed by atoms with van der Waals surface area (Å²) in [4.78, 5) is 4.02. The molecule has 1 saturated heterocycles. The van der Waals surface area contributed by atoms with Gasteiger partial charge >= 0.3 is 0 Å². The van der Waals surface area contributed by atoms with Gasteiger partial charge < -0.3 is 10.2 Å². The van der Waals surface area contributed by atoms with Gasteiger partial charge in [0.15, 0.2) is 0 Å². The first kappa shape index (κ1) is 13.1. The Hall–Kier alpha value is -0.380. The molecular formula is C14H24N2S. The molecule has 0 aliphatic carbocycles. The van der Waals surface area contributed by atoms with Gasteiger partial charge in [0.05, 0.1) is 0 Å². The molecule has 0 spiro atoms. The lowest BCUT2D eigenvalue weighted by Gasteiger charge is -2.28. The lowest BCUT2D eigenvalue weighted by atomic mass is 10.0. The molecule has 1 aromatic rings. The second kappa shape index (κ2) is 5.98. The van der Waals surface area contributed by atoms with E-state index >= 15 is 0 Å². The van der Waals surface area contributed by atoms with E-state index in [0.29, 0.717) is 12.1 Å². The zero-order chi connectivity index (χ0) is 12.3. The molecule has 0 aromatic carbocycles. The fourth-order valence-corrected chi connectivity index (χ4v) is 3.41. The van der Waals surface area contributed by atoms with Crippen LogP contribution in [0.1, 0.15) is 25.1 Å². The molecular weight excluding hydrogens is 228 g/mol. The van der Waals surface area contributed by atoms with Gasteiger partial charge in [0.25, 0.3) is 0 Å². The van der Waals surface area contributed by atoms with Crippen LogP contribution in [0.2, 0.25) is 0 Å². The predicted octanol–water partition coefficient (Wildman–Crippen LogP) is 2.61. The van der Waals surface area contributed by atoms with E-state index in [-0.39, 0.29) is 0 Å². The molecule has 1 aliphatic heterocycles. The molecule has 2 heterocycles. The summed E-state index contributed by atoms with van der Waals surface area (Å²) in [5.41, 5.74) is 0. The quantitative estimate of drug-likeness (QED) is 0.866. The van der Waals surface area contributed by atoms with E-state index in [0.717, 1.165) is 5.92 Å². The molecule has 2 rings (SSSR count). The van der Waals surface area contributed by atoms with Gasteiger partial charge in [-0.3, -0.25) is 0 Å². The highest BCUT2D eigenvalue weighted by Gasteiger charge is 2.25. The van der Waals surface area contributed by atoms with Crippen molar-refractivity contribution in [2.75, 3.05) is 20.1 Å². The van der Waals surface area contributed by atoms with Crippen molar-refractivity contribution in [3.8, 4) is 0 Å². The van der Waals surface area contributed by atoms with Crippen LogP contribution in [0.3, 0.4) is 0 Å². The topological polar surface area (TPSA) is 15.3 Å².